The van der Waals surface area contributed by atoms with E-state index in [2.05, 4.69) is 4.90 Å². The molecule has 1 aliphatic heterocycles. The number of carbonyl (C=O) groups is 1. The molecule has 4 rings (SSSR count). The van der Waals surface area contributed by atoms with E-state index in [0.29, 0.717) is 6.54 Å². The molecule has 0 saturated carbocycles. The molecule has 3 aromatic rings. The van der Waals surface area contributed by atoms with Gasteiger partial charge in [-0.25, -0.2) is 0 Å². The Morgan fingerprint density at radius 3 is 1.97 bits per heavy atom. The summed E-state index contributed by atoms with van der Waals surface area (Å²) in [6, 6.07) is 26.1. The number of rotatable bonds is 8. The van der Waals surface area contributed by atoms with Crippen LogP contribution >= 0.6 is 0 Å². The van der Waals surface area contributed by atoms with Crippen molar-refractivity contribution in [2.45, 2.75) is 12.0 Å². The van der Waals surface area contributed by atoms with E-state index in [9.17, 15) is 20.0 Å². The van der Waals surface area contributed by atoms with Gasteiger partial charge in [-0.3, -0.25) is 19.8 Å². The Hall–Kier alpha value is -3.51. The van der Waals surface area contributed by atoms with Crippen molar-refractivity contribution in [3.8, 4) is 0 Å². The van der Waals surface area contributed by atoms with E-state index in [4.69, 9.17) is 0 Å². The van der Waals surface area contributed by atoms with Crippen LogP contribution in [0.15, 0.2) is 84.9 Å². The Labute approximate surface area is 174 Å². The van der Waals surface area contributed by atoms with Crippen LogP contribution in [-0.4, -0.2) is 34.0 Å². The second kappa shape index (κ2) is 8.47. The largest absolute Gasteiger partial charge is 0.481 e. The summed E-state index contributed by atoms with van der Waals surface area (Å²) in [6.45, 7) is 1.16. The van der Waals surface area contributed by atoms with Gasteiger partial charge in [-0.15, -0.1) is 0 Å². The van der Waals surface area contributed by atoms with Crippen LogP contribution in [0.2, 0.25) is 0 Å². The second-order valence-electron chi connectivity index (χ2n) is 7.56. The predicted octanol–water partition coefficient (Wildman–Crippen LogP) is 4.48. The van der Waals surface area contributed by atoms with Gasteiger partial charge in [-0.1, -0.05) is 72.8 Å². The third-order valence-corrected chi connectivity index (χ3v) is 5.67. The van der Waals surface area contributed by atoms with E-state index in [1.165, 1.54) is 12.1 Å². The summed E-state index contributed by atoms with van der Waals surface area (Å²) in [6.07, 6.45) is 0. The molecule has 0 bridgehead atoms. The third-order valence-electron chi connectivity index (χ3n) is 5.67. The first-order valence-electron chi connectivity index (χ1n) is 9.85. The van der Waals surface area contributed by atoms with Gasteiger partial charge < -0.3 is 5.11 Å². The zero-order valence-corrected chi connectivity index (χ0v) is 16.3. The van der Waals surface area contributed by atoms with E-state index in [0.717, 1.165) is 23.2 Å². The monoisotopic (exact) mass is 402 g/mol. The van der Waals surface area contributed by atoms with Crippen LogP contribution in [0, 0.1) is 16.0 Å². The molecule has 0 spiro atoms. The van der Waals surface area contributed by atoms with Gasteiger partial charge >= 0.3 is 5.97 Å². The zero-order chi connectivity index (χ0) is 21.1. The molecule has 0 aromatic heterocycles. The number of nitrogens with zero attached hydrogens (tertiary/aromatic N) is 2. The van der Waals surface area contributed by atoms with Crippen molar-refractivity contribution in [2.24, 2.45) is 5.92 Å². The van der Waals surface area contributed by atoms with Gasteiger partial charge in [0.1, 0.15) is 0 Å². The molecule has 0 radical (unpaired) electrons. The van der Waals surface area contributed by atoms with E-state index in [1.807, 2.05) is 60.7 Å². The fraction of sp³-hybridized carbons (Fsp3) is 0.208. The molecule has 1 N–H and O–H groups in total. The van der Waals surface area contributed by atoms with Gasteiger partial charge in [-0.2, -0.15) is 0 Å². The standard InChI is InChI=1S/C24H22N2O4/c27-24(28)21(15-25-16-22(25)17-11-13-20(14-12-17)26(29)30)23(18-7-3-1-4-8-18)19-9-5-2-6-10-19/h1-14,21-23H,15-16H2,(H,27,28)/t21?,22-,25?/m0/s1. The van der Waals surface area contributed by atoms with Crippen molar-refractivity contribution in [2.75, 3.05) is 13.1 Å². The van der Waals surface area contributed by atoms with Crippen molar-refractivity contribution in [3.63, 3.8) is 0 Å². The Kier molecular flexibility index (Phi) is 5.59. The molecule has 3 atom stereocenters. The minimum absolute atomic E-state index is 0.0579. The van der Waals surface area contributed by atoms with Gasteiger partial charge in [0, 0.05) is 37.2 Å². The summed E-state index contributed by atoms with van der Waals surface area (Å²) < 4.78 is 0. The maximum atomic E-state index is 12.3. The van der Waals surface area contributed by atoms with Crippen molar-refractivity contribution in [3.05, 3.63) is 112 Å². The number of non-ortho nitro benzene ring substituents is 1. The lowest BCUT2D eigenvalue weighted by molar-refractivity contribution is -0.384. The number of carboxylic acids is 1. The highest BCUT2D eigenvalue weighted by molar-refractivity contribution is 5.73. The normalized spacial score (nSPS) is 18.7. The number of carboxylic acid groups (broad SMARTS) is 1. The Balaban J connectivity index is 1.57. The average Bonchev–Trinajstić information content (AvgIpc) is 3.54. The van der Waals surface area contributed by atoms with E-state index in [1.54, 1.807) is 12.1 Å². The summed E-state index contributed by atoms with van der Waals surface area (Å²) in [5.41, 5.74) is 2.98. The van der Waals surface area contributed by atoms with Crippen LogP contribution in [-0.2, 0) is 4.79 Å². The summed E-state index contributed by atoms with van der Waals surface area (Å²) in [5, 5.41) is 21.0. The van der Waals surface area contributed by atoms with Gasteiger partial charge in [-0.05, 0) is 16.7 Å². The SMILES string of the molecule is O=C(O)C(CN1C[C@H]1c1ccc([N+](=O)[O-])cc1)C(c1ccccc1)c1ccccc1. The van der Waals surface area contributed by atoms with Crippen molar-refractivity contribution in [1.82, 2.24) is 4.90 Å². The molecule has 3 aromatic carbocycles. The highest BCUT2D eigenvalue weighted by Crippen LogP contribution is 2.40. The Bertz CT molecular complexity index is 983. The van der Waals surface area contributed by atoms with E-state index < -0.39 is 16.8 Å². The van der Waals surface area contributed by atoms with E-state index in [-0.39, 0.29) is 17.6 Å². The highest BCUT2D eigenvalue weighted by atomic mass is 16.6. The minimum atomic E-state index is -0.831. The van der Waals surface area contributed by atoms with E-state index >= 15 is 0 Å². The first kappa shape index (κ1) is 19.8. The molecule has 1 aliphatic rings. The molecule has 1 saturated heterocycles. The number of aliphatic carboxylic acids is 1. The maximum absolute atomic E-state index is 12.3. The molecule has 6 heteroatoms. The third kappa shape index (κ3) is 4.23. The number of hydrogen-bond acceptors (Lipinski definition) is 4. The number of hydrogen-bond donors (Lipinski definition) is 1. The highest BCUT2D eigenvalue weighted by Gasteiger charge is 2.41. The molecule has 30 heavy (non-hydrogen) atoms. The molecule has 0 amide bonds. The maximum Gasteiger partial charge on any atom is 0.308 e. The van der Waals surface area contributed by atoms with Crippen molar-refractivity contribution in [1.29, 1.82) is 0 Å². The average molecular weight is 402 g/mol. The number of nitro groups is 1. The van der Waals surface area contributed by atoms with Crippen LogP contribution in [0.1, 0.15) is 28.7 Å². The van der Waals surface area contributed by atoms with Crippen LogP contribution in [0.4, 0.5) is 5.69 Å². The van der Waals surface area contributed by atoms with Gasteiger partial charge in [0.2, 0.25) is 0 Å². The van der Waals surface area contributed by atoms with Crippen LogP contribution < -0.4 is 0 Å². The lowest BCUT2D eigenvalue weighted by Crippen LogP contribution is -2.30. The van der Waals surface area contributed by atoms with Crippen LogP contribution in [0.25, 0.3) is 0 Å². The second-order valence-corrected chi connectivity index (χ2v) is 7.56. The first-order valence-corrected chi connectivity index (χ1v) is 9.85. The van der Waals surface area contributed by atoms with Gasteiger partial charge in [0.05, 0.1) is 10.8 Å². The topological polar surface area (TPSA) is 83.4 Å². The molecule has 2 unspecified atom stereocenters. The number of benzene rings is 3. The van der Waals surface area contributed by atoms with Crippen LogP contribution in [0.5, 0.6) is 0 Å². The summed E-state index contributed by atoms with van der Waals surface area (Å²) >= 11 is 0. The van der Waals surface area contributed by atoms with Gasteiger partial charge in [0.25, 0.3) is 5.69 Å². The number of nitro benzene ring substituents is 1. The molecular weight excluding hydrogens is 380 g/mol. The predicted molar refractivity (Wildman–Crippen MR) is 113 cm³/mol. The molecule has 0 aliphatic carbocycles. The smallest absolute Gasteiger partial charge is 0.308 e. The van der Waals surface area contributed by atoms with Crippen molar-refractivity contribution >= 4 is 11.7 Å². The first-order chi connectivity index (χ1) is 14.5. The summed E-state index contributed by atoms with van der Waals surface area (Å²) in [5.74, 6) is -1.71. The molecule has 1 fully saturated rings. The van der Waals surface area contributed by atoms with Gasteiger partial charge in [0.15, 0.2) is 0 Å². The Morgan fingerprint density at radius 1 is 0.967 bits per heavy atom. The van der Waals surface area contributed by atoms with Crippen LogP contribution in [0.3, 0.4) is 0 Å². The lowest BCUT2D eigenvalue weighted by Gasteiger charge is -2.26. The molecule has 6 nitrogen and oxygen atoms in total. The molecular formula is C24H22N2O4. The Morgan fingerprint density at radius 2 is 1.50 bits per heavy atom. The summed E-state index contributed by atoms with van der Waals surface area (Å²) in [4.78, 5) is 24.9. The molecule has 1 heterocycles. The quantitative estimate of drug-likeness (QED) is 0.341. The molecule has 152 valence electrons. The minimum Gasteiger partial charge on any atom is -0.481 e. The fourth-order valence-corrected chi connectivity index (χ4v) is 4.07. The lowest BCUT2D eigenvalue weighted by atomic mass is 9.80. The zero-order valence-electron chi connectivity index (χ0n) is 16.3. The fourth-order valence-electron chi connectivity index (χ4n) is 4.07. The summed E-state index contributed by atoms with van der Waals surface area (Å²) in [7, 11) is 0. The van der Waals surface area contributed by atoms with Crippen molar-refractivity contribution < 1.29 is 14.8 Å².